The number of nitrogens with two attached hydrogens (primary N) is 1. The van der Waals surface area contributed by atoms with Gasteiger partial charge in [-0.1, -0.05) is 32.6 Å². The van der Waals surface area contributed by atoms with Crippen LogP contribution in [0.4, 0.5) is 0 Å². The summed E-state index contributed by atoms with van der Waals surface area (Å²) in [6.07, 6.45) is 9.18. The van der Waals surface area contributed by atoms with Crippen molar-refractivity contribution < 1.29 is 0 Å². The number of rotatable bonds is 5. The van der Waals surface area contributed by atoms with Gasteiger partial charge in [0.15, 0.2) is 0 Å². The van der Waals surface area contributed by atoms with Gasteiger partial charge in [-0.25, -0.2) is 0 Å². The van der Waals surface area contributed by atoms with E-state index in [1.165, 1.54) is 58.0 Å². The van der Waals surface area contributed by atoms with E-state index in [1.807, 2.05) is 0 Å². The van der Waals surface area contributed by atoms with E-state index < -0.39 is 0 Å². The molecule has 1 aliphatic rings. The van der Waals surface area contributed by atoms with Gasteiger partial charge in [0.25, 0.3) is 0 Å². The van der Waals surface area contributed by atoms with Gasteiger partial charge < -0.3 is 5.73 Å². The highest BCUT2D eigenvalue weighted by molar-refractivity contribution is 4.92. The van der Waals surface area contributed by atoms with E-state index in [9.17, 15) is 0 Å². The van der Waals surface area contributed by atoms with Crippen LogP contribution in [0.3, 0.4) is 0 Å². The zero-order valence-electron chi connectivity index (χ0n) is 11.5. The molecule has 1 unspecified atom stereocenters. The Bertz CT molecular complexity index is 181. The average Bonchev–Trinajstić information content (AvgIpc) is 2.54. The monoisotopic (exact) mass is 226 g/mol. The van der Waals surface area contributed by atoms with E-state index in [0.717, 1.165) is 0 Å². The predicted molar refractivity (Wildman–Crippen MR) is 71.6 cm³/mol. The molecule has 2 nitrogen and oxygen atoms in total. The van der Waals surface area contributed by atoms with Gasteiger partial charge in [0.05, 0.1) is 0 Å². The molecule has 0 aromatic rings. The Balaban J connectivity index is 2.51. The van der Waals surface area contributed by atoms with E-state index in [1.54, 1.807) is 0 Å². The van der Waals surface area contributed by atoms with Crippen molar-refractivity contribution in [3.05, 3.63) is 0 Å². The lowest BCUT2D eigenvalue weighted by atomic mass is 9.89. The highest BCUT2D eigenvalue weighted by atomic mass is 15.2. The molecule has 1 aliphatic heterocycles. The smallest absolute Gasteiger partial charge is 0.0304 e. The molecule has 0 aliphatic carbocycles. The fourth-order valence-corrected chi connectivity index (χ4v) is 2.66. The summed E-state index contributed by atoms with van der Waals surface area (Å²) in [6, 6.07) is 0.325. The molecule has 1 rings (SSSR count). The summed E-state index contributed by atoms with van der Waals surface area (Å²) in [7, 11) is 0. The maximum absolute atomic E-state index is 6.38. The predicted octanol–water partition coefficient (Wildman–Crippen LogP) is 3.16. The SMILES string of the molecule is CCCCC(N)C(C)(C)N1CCCCCC1. The molecule has 0 bridgehead atoms. The van der Waals surface area contributed by atoms with Gasteiger partial charge in [-0.05, 0) is 46.2 Å². The van der Waals surface area contributed by atoms with E-state index in [0.29, 0.717) is 6.04 Å². The minimum atomic E-state index is 0.180. The molecule has 1 saturated heterocycles. The second-order valence-corrected chi connectivity index (χ2v) is 5.80. The zero-order valence-corrected chi connectivity index (χ0v) is 11.5. The molecule has 0 aromatic carbocycles. The van der Waals surface area contributed by atoms with Gasteiger partial charge >= 0.3 is 0 Å². The molecule has 0 saturated carbocycles. The van der Waals surface area contributed by atoms with Crippen LogP contribution in [-0.2, 0) is 0 Å². The Hall–Kier alpha value is -0.0800. The largest absolute Gasteiger partial charge is 0.326 e. The van der Waals surface area contributed by atoms with Gasteiger partial charge in [0, 0.05) is 11.6 Å². The topological polar surface area (TPSA) is 29.3 Å². The minimum Gasteiger partial charge on any atom is -0.326 e. The van der Waals surface area contributed by atoms with Crippen LogP contribution in [0.15, 0.2) is 0 Å². The summed E-state index contributed by atoms with van der Waals surface area (Å²) in [5.74, 6) is 0. The second kappa shape index (κ2) is 6.61. The quantitative estimate of drug-likeness (QED) is 0.780. The first kappa shape index (κ1) is 14.0. The van der Waals surface area contributed by atoms with Crippen LogP contribution >= 0.6 is 0 Å². The fourth-order valence-electron chi connectivity index (χ4n) is 2.66. The van der Waals surface area contributed by atoms with E-state index >= 15 is 0 Å². The molecule has 1 heterocycles. The van der Waals surface area contributed by atoms with E-state index in [-0.39, 0.29) is 5.54 Å². The Morgan fingerprint density at radius 2 is 1.69 bits per heavy atom. The fraction of sp³-hybridized carbons (Fsp3) is 1.00. The normalized spacial score (nSPS) is 21.8. The van der Waals surface area contributed by atoms with Gasteiger partial charge in [0.2, 0.25) is 0 Å². The molecule has 0 radical (unpaired) electrons. The third kappa shape index (κ3) is 3.74. The summed E-state index contributed by atoms with van der Waals surface area (Å²) in [5, 5.41) is 0. The van der Waals surface area contributed by atoms with Crippen LogP contribution in [0, 0.1) is 0 Å². The molecular weight excluding hydrogens is 196 g/mol. The van der Waals surface area contributed by atoms with Crippen LogP contribution in [0.1, 0.15) is 65.7 Å². The molecule has 96 valence electrons. The summed E-state index contributed by atoms with van der Waals surface area (Å²) in [6.45, 7) is 9.39. The van der Waals surface area contributed by atoms with Crippen molar-refractivity contribution in [1.29, 1.82) is 0 Å². The van der Waals surface area contributed by atoms with E-state index in [2.05, 4.69) is 25.7 Å². The molecule has 2 heteroatoms. The van der Waals surface area contributed by atoms with Crippen molar-refractivity contribution >= 4 is 0 Å². The van der Waals surface area contributed by atoms with Crippen molar-refractivity contribution in [2.24, 2.45) is 5.73 Å². The lowest BCUT2D eigenvalue weighted by Crippen LogP contribution is -2.56. The number of hydrogen-bond acceptors (Lipinski definition) is 2. The van der Waals surface area contributed by atoms with Crippen molar-refractivity contribution in [2.45, 2.75) is 77.3 Å². The minimum absolute atomic E-state index is 0.180. The van der Waals surface area contributed by atoms with Gasteiger partial charge in [0.1, 0.15) is 0 Å². The van der Waals surface area contributed by atoms with E-state index in [4.69, 9.17) is 5.73 Å². The standard InChI is InChI=1S/C14H30N2/c1-4-5-10-13(15)14(2,3)16-11-8-6-7-9-12-16/h13H,4-12,15H2,1-3H3. The summed E-state index contributed by atoms with van der Waals surface area (Å²) >= 11 is 0. The summed E-state index contributed by atoms with van der Waals surface area (Å²) in [5.41, 5.74) is 6.56. The first-order valence-electron chi connectivity index (χ1n) is 7.09. The van der Waals surface area contributed by atoms with Gasteiger partial charge in [-0.2, -0.15) is 0 Å². The molecule has 1 fully saturated rings. The molecule has 16 heavy (non-hydrogen) atoms. The highest BCUT2D eigenvalue weighted by Crippen LogP contribution is 2.24. The Labute approximate surface area is 102 Å². The third-order valence-corrected chi connectivity index (χ3v) is 4.20. The molecule has 0 aromatic heterocycles. The highest BCUT2D eigenvalue weighted by Gasteiger charge is 2.32. The lowest BCUT2D eigenvalue weighted by molar-refractivity contribution is 0.0940. The average molecular weight is 226 g/mol. The number of hydrogen-bond donors (Lipinski definition) is 1. The number of unbranched alkanes of at least 4 members (excludes halogenated alkanes) is 1. The Morgan fingerprint density at radius 1 is 1.12 bits per heavy atom. The Morgan fingerprint density at radius 3 is 2.19 bits per heavy atom. The molecule has 0 spiro atoms. The maximum atomic E-state index is 6.38. The summed E-state index contributed by atoms with van der Waals surface area (Å²) in [4.78, 5) is 2.63. The van der Waals surface area contributed by atoms with Crippen molar-refractivity contribution in [1.82, 2.24) is 4.90 Å². The zero-order chi connectivity index (χ0) is 12.0. The van der Waals surface area contributed by atoms with Crippen molar-refractivity contribution in [2.75, 3.05) is 13.1 Å². The van der Waals surface area contributed by atoms with Crippen molar-refractivity contribution in [3.8, 4) is 0 Å². The van der Waals surface area contributed by atoms with Crippen molar-refractivity contribution in [3.63, 3.8) is 0 Å². The van der Waals surface area contributed by atoms with Crippen LogP contribution in [0.2, 0.25) is 0 Å². The summed E-state index contributed by atoms with van der Waals surface area (Å²) < 4.78 is 0. The van der Waals surface area contributed by atoms with Crippen LogP contribution in [0.5, 0.6) is 0 Å². The Kier molecular flexibility index (Phi) is 5.77. The first-order chi connectivity index (χ1) is 7.59. The second-order valence-electron chi connectivity index (χ2n) is 5.80. The maximum Gasteiger partial charge on any atom is 0.0304 e. The number of nitrogens with zero attached hydrogens (tertiary/aromatic N) is 1. The molecule has 1 atom stereocenters. The molecular formula is C14H30N2. The van der Waals surface area contributed by atoms with Crippen LogP contribution in [0.25, 0.3) is 0 Å². The lowest BCUT2D eigenvalue weighted by Gasteiger charge is -2.42. The van der Waals surface area contributed by atoms with Gasteiger partial charge in [-0.15, -0.1) is 0 Å². The van der Waals surface area contributed by atoms with Crippen LogP contribution < -0.4 is 5.73 Å². The van der Waals surface area contributed by atoms with Crippen LogP contribution in [-0.4, -0.2) is 29.6 Å². The first-order valence-corrected chi connectivity index (χ1v) is 7.09. The number of likely N-dealkylation sites (tertiary alicyclic amines) is 1. The van der Waals surface area contributed by atoms with Gasteiger partial charge in [-0.3, -0.25) is 4.90 Å². The molecule has 0 amide bonds. The third-order valence-electron chi connectivity index (χ3n) is 4.20. The molecule has 2 N–H and O–H groups in total.